The molecule has 2 aromatic carbocycles. The fourth-order valence-corrected chi connectivity index (χ4v) is 5.31. The van der Waals surface area contributed by atoms with Crippen LogP contribution < -0.4 is 4.74 Å². The van der Waals surface area contributed by atoms with Crippen LogP contribution in [0.5, 0.6) is 5.75 Å². The van der Waals surface area contributed by atoms with Crippen molar-refractivity contribution in [2.24, 2.45) is 5.92 Å². The fraction of sp³-hybridized carbons (Fsp3) is 0.346. The second-order valence-electron chi connectivity index (χ2n) is 8.45. The molecule has 4 rings (SSSR count). The number of hydrogen-bond donors (Lipinski definition) is 0. The molecule has 1 heterocycles. The van der Waals surface area contributed by atoms with Gasteiger partial charge in [0.05, 0.1) is 11.7 Å². The zero-order chi connectivity index (χ0) is 20.5. The maximum atomic E-state index is 9.53. The fourth-order valence-electron chi connectivity index (χ4n) is 4.41. The molecule has 0 spiro atoms. The molecule has 0 radical (unpaired) electrons. The number of fused-ring (bicyclic) bond motifs is 1. The molecule has 0 N–H and O–H groups in total. The predicted molar refractivity (Wildman–Crippen MR) is 122 cm³/mol. The first-order valence-electron chi connectivity index (χ1n) is 10.4. The number of nitriles is 1. The Morgan fingerprint density at radius 1 is 1.07 bits per heavy atom. The highest BCUT2D eigenvalue weighted by molar-refractivity contribution is 7.14. The van der Waals surface area contributed by atoms with Gasteiger partial charge in [0, 0.05) is 4.88 Å². The zero-order valence-corrected chi connectivity index (χ0v) is 18.3. The number of rotatable bonds is 5. The van der Waals surface area contributed by atoms with E-state index in [0.29, 0.717) is 23.1 Å². The molecule has 2 nitrogen and oxygen atoms in total. The Hall–Kier alpha value is -2.57. The summed E-state index contributed by atoms with van der Waals surface area (Å²) in [5, 5.41) is 11.8. The van der Waals surface area contributed by atoms with Crippen molar-refractivity contribution in [3.63, 3.8) is 0 Å². The van der Waals surface area contributed by atoms with Crippen LogP contribution in [0, 0.1) is 17.2 Å². The summed E-state index contributed by atoms with van der Waals surface area (Å²) in [4.78, 5) is 1.18. The van der Waals surface area contributed by atoms with Gasteiger partial charge in [0.1, 0.15) is 11.8 Å². The van der Waals surface area contributed by atoms with Gasteiger partial charge in [-0.1, -0.05) is 32.0 Å². The maximum Gasteiger partial charge on any atom is 0.137 e. The highest BCUT2D eigenvalue weighted by Crippen LogP contribution is 2.44. The van der Waals surface area contributed by atoms with E-state index in [0.717, 1.165) is 5.56 Å². The van der Waals surface area contributed by atoms with Crippen molar-refractivity contribution in [3.05, 3.63) is 64.5 Å². The third-order valence-electron chi connectivity index (χ3n) is 5.78. The molecule has 0 saturated carbocycles. The first-order chi connectivity index (χ1) is 14.0. The van der Waals surface area contributed by atoms with Crippen molar-refractivity contribution < 1.29 is 4.74 Å². The van der Waals surface area contributed by atoms with Gasteiger partial charge in [-0.2, -0.15) is 5.26 Å². The highest BCUT2D eigenvalue weighted by Gasteiger charge is 2.27. The molecular formula is C26H27NOS. The van der Waals surface area contributed by atoms with Crippen LogP contribution in [-0.2, 0) is 6.42 Å². The largest absolute Gasteiger partial charge is 0.490 e. The Bertz CT molecular complexity index is 1070. The Balaban J connectivity index is 1.68. The molecular weight excluding hydrogens is 374 g/mol. The van der Waals surface area contributed by atoms with Gasteiger partial charge in [-0.25, -0.2) is 0 Å². The summed E-state index contributed by atoms with van der Waals surface area (Å²) in [6, 6.07) is 17.2. The number of thiophene rings is 1. The summed E-state index contributed by atoms with van der Waals surface area (Å²) in [7, 11) is 0. The van der Waals surface area contributed by atoms with Crippen LogP contribution in [0.1, 0.15) is 56.7 Å². The molecule has 1 atom stereocenters. The SMILES string of the molecule is CC(C)Oc1ccc(-c2cc(-c3cccc4c3CCC4C(C)C)cs2)cc1C#N. The van der Waals surface area contributed by atoms with Gasteiger partial charge in [-0.15, -0.1) is 11.3 Å². The highest BCUT2D eigenvalue weighted by atomic mass is 32.1. The lowest BCUT2D eigenvalue weighted by molar-refractivity contribution is 0.242. The topological polar surface area (TPSA) is 33.0 Å². The molecule has 29 heavy (non-hydrogen) atoms. The number of nitrogens with zero attached hydrogens (tertiary/aromatic N) is 1. The molecule has 0 fully saturated rings. The third-order valence-corrected chi connectivity index (χ3v) is 6.76. The Kier molecular flexibility index (Phi) is 5.48. The van der Waals surface area contributed by atoms with Crippen LogP contribution in [0.15, 0.2) is 47.8 Å². The number of ether oxygens (including phenoxy) is 1. The van der Waals surface area contributed by atoms with Crippen LogP contribution in [0.25, 0.3) is 21.6 Å². The van der Waals surface area contributed by atoms with Gasteiger partial charge < -0.3 is 4.74 Å². The monoisotopic (exact) mass is 401 g/mol. The first-order valence-corrected chi connectivity index (χ1v) is 11.3. The van der Waals surface area contributed by atoms with E-state index in [1.807, 2.05) is 26.0 Å². The molecule has 0 amide bonds. The lowest BCUT2D eigenvalue weighted by Crippen LogP contribution is -2.06. The van der Waals surface area contributed by atoms with E-state index in [1.54, 1.807) is 11.3 Å². The molecule has 0 saturated heterocycles. The summed E-state index contributed by atoms with van der Waals surface area (Å²) >= 11 is 1.74. The summed E-state index contributed by atoms with van der Waals surface area (Å²) in [6.07, 6.45) is 2.47. The van der Waals surface area contributed by atoms with Crippen molar-refractivity contribution >= 4 is 11.3 Å². The van der Waals surface area contributed by atoms with Crippen LogP contribution in [0.4, 0.5) is 0 Å². The predicted octanol–water partition coefficient (Wildman–Crippen LogP) is 7.43. The molecule has 3 aromatic rings. The van der Waals surface area contributed by atoms with Crippen LogP contribution in [-0.4, -0.2) is 6.10 Å². The minimum absolute atomic E-state index is 0.0520. The van der Waals surface area contributed by atoms with E-state index in [2.05, 4.69) is 55.6 Å². The van der Waals surface area contributed by atoms with Crippen molar-refractivity contribution in [3.8, 4) is 33.4 Å². The van der Waals surface area contributed by atoms with Crippen LogP contribution in [0.2, 0.25) is 0 Å². The molecule has 148 valence electrons. The first kappa shape index (κ1) is 19.7. The summed E-state index contributed by atoms with van der Waals surface area (Å²) in [5.41, 5.74) is 7.37. The summed E-state index contributed by atoms with van der Waals surface area (Å²) < 4.78 is 5.76. The van der Waals surface area contributed by atoms with Gasteiger partial charge in [0.25, 0.3) is 0 Å². The molecule has 0 aliphatic heterocycles. The normalized spacial score (nSPS) is 15.6. The average Bonchev–Trinajstić information content (AvgIpc) is 3.35. The van der Waals surface area contributed by atoms with Crippen molar-refractivity contribution in [2.45, 2.75) is 52.6 Å². The smallest absolute Gasteiger partial charge is 0.137 e. The molecule has 1 aromatic heterocycles. The van der Waals surface area contributed by atoms with Gasteiger partial charge in [-0.05, 0) is 96.0 Å². The summed E-state index contributed by atoms with van der Waals surface area (Å²) in [6.45, 7) is 8.61. The Labute approximate surface area is 177 Å². The second-order valence-corrected chi connectivity index (χ2v) is 9.36. The molecule has 3 heteroatoms. The van der Waals surface area contributed by atoms with Crippen molar-refractivity contribution in [2.75, 3.05) is 0 Å². The Morgan fingerprint density at radius 3 is 2.62 bits per heavy atom. The molecule has 1 unspecified atom stereocenters. The average molecular weight is 402 g/mol. The third kappa shape index (κ3) is 3.82. The molecule has 1 aliphatic carbocycles. The zero-order valence-electron chi connectivity index (χ0n) is 17.5. The number of benzene rings is 2. The quantitative estimate of drug-likeness (QED) is 0.445. The van der Waals surface area contributed by atoms with E-state index in [1.165, 1.54) is 40.0 Å². The summed E-state index contributed by atoms with van der Waals surface area (Å²) in [5.74, 6) is 2.01. The minimum Gasteiger partial charge on any atom is -0.490 e. The van der Waals surface area contributed by atoms with Gasteiger partial charge in [0.15, 0.2) is 0 Å². The minimum atomic E-state index is 0.0520. The second kappa shape index (κ2) is 8.05. The standard InChI is InChI=1S/C26H27NOS/c1-16(2)21-9-10-24-22(6-5-7-23(21)24)20-13-26(29-15-20)18-8-11-25(28-17(3)4)19(12-18)14-27/h5-8,11-13,15-17,21H,9-10H2,1-4H3. The van der Waals surface area contributed by atoms with Crippen molar-refractivity contribution in [1.82, 2.24) is 0 Å². The van der Waals surface area contributed by atoms with Gasteiger partial charge in [-0.3, -0.25) is 0 Å². The lowest BCUT2D eigenvalue weighted by atomic mass is 9.89. The van der Waals surface area contributed by atoms with E-state index in [9.17, 15) is 5.26 Å². The van der Waals surface area contributed by atoms with Gasteiger partial charge >= 0.3 is 0 Å². The number of hydrogen-bond acceptors (Lipinski definition) is 3. The molecule has 1 aliphatic rings. The van der Waals surface area contributed by atoms with Crippen LogP contribution in [0.3, 0.4) is 0 Å². The molecule has 0 bridgehead atoms. The Morgan fingerprint density at radius 2 is 1.90 bits per heavy atom. The van der Waals surface area contributed by atoms with Crippen LogP contribution >= 0.6 is 11.3 Å². The van der Waals surface area contributed by atoms with Gasteiger partial charge in [0.2, 0.25) is 0 Å². The maximum absolute atomic E-state index is 9.53. The van der Waals surface area contributed by atoms with E-state index in [4.69, 9.17) is 4.74 Å². The lowest BCUT2D eigenvalue weighted by Gasteiger charge is -2.16. The van der Waals surface area contributed by atoms with E-state index >= 15 is 0 Å². The van der Waals surface area contributed by atoms with Crippen molar-refractivity contribution in [1.29, 1.82) is 5.26 Å². The van der Waals surface area contributed by atoms with E-state index < -0.39 is 0 Å². The van der Waals surface area contributed by atoms with E-state index in [-0.39, 0.29) is 6.10 Å².